The van der Waals surface area contributed by atoms with Crippen LogP contribution < -0.4 is 21.3 Å². The Morgan fingerprint density at radius 1 is 0.711 bits per heavy atom. The molecular weight excluding hydrogens is 569 g/mol. The normalized spacial score (nSPS) is 29.2. The van der Waals surface area contributed by atoms with Crippen LogP contribution >= 0.6 is 45.1 Å². The maximum Gasteiger partial charge on any atom is 0.315 e. The van der Waals surface area contributed by atoms with Crippen LogP contribution in [0.5, 0.6) is 0 Å². The summed E-state index contributed by atoms with van der Waals surface area (Å²) in [4.78, 5) is 46.7. The second-order valence-electron chi connectivity index (χ2n) is 9.82. The third-order valence-corrected chi connectivity index (χ3v) is 12.4. The van der Waals surface area contributed by atoms with E-state index in [0.717, 1.165) is 50.0 Å². The van der Waals surface area contributed by atoms with E-state index in [1.54, 1.807) is 21.6 Å². The highest BCUT2D eigenvalue weighted by Crippen LogP contribution is 2.34. The maximum absolute atomic E-state index is 11.9. The molecule has 0 aromatic carbocycles. The lowest BCUT2D eigenvalue weighted by Crippen LogP contribution is -2.36. The van der Waals surface area contributed by atoms with Gasteiger partial charge in [-0.3, -0.25) is 9.59 Å². The lowest BCUT2D eigenvalue weighted by molar-refractivity contribution is -0.144. The van der Waals surface area contributed by atoms with Gasteiger partial charge in [-0.05, 0) is 25.7 Å². The number of rotatable bonds is 17. The summed E-state index contributed by atoms with van der Waals surface area (Å²) in [7, 11) is 3.22. The van der Waals surface area contributed by atoms with E-state index in [1.807, 2.05) is 23.5 Å². The maximum atomic E-state index is 11.9. The lowest BCUT2D eigenvalue weighted by Gasteiger charge is -2.16. The van der Waals surface area contributed by atoms with Crippen molar-refractivity contribution in [3.63, 3.8) is 0 Å². The number of fused-ring (bicyclic) bond motifs is 2. The summed E-state index contributed by atoms with van der Waals surface area (Å²) in [6.07, 6.45) is 6.36. The Bertz CT molecular complexity index is 774. The molecule has 0 aliphatic carbocycles. The Hall–Kier alpha value is -1.12. The van der Waals surface area contributed by atoms with E-state index in [2.05, 4.69) is 21.3 Å². The topological polar surface area (TPSA) is 135 Å². The van der Waals surface area contributed by atoms with Crippen molar-refractivity contribution >= 4 is 69.1 Å². The monoisotopic (exact) mass is 606 g/mol. The molecule has 4 N–H and O–H groups in total. The largest absolute Gasteiger partial charge is 0.465 e. The van der Waals surface area contributed by atoms with Crippen LogP contribution in [0.3, 0.4) is 0 Å². The number of urea groups is 2. The smallest absolute Gasteiger partial charge is 0.315 e. The summed E-state index contributed by atoms with van der Waals surface area (Å²) in [6.45, 7) is 0.772. The zero-order valence-electron chi connectivity index (χ0n) is 21.4. The fourth-order valence-corrected chi connectivity index (χ4v) is 9.90. The number of nitrogens with one attached hydrogen (secondary N) is 4. The fourth-order valence-electron chi connectivity index (χ4n) is 5.16. The van der Waals surface area contributed by atoms with E-state index >= 15 is 0 Å². The molecule has 4 rings (SSSR count). The molecule has 4 heterocycles. The van der Waals surface area contributed by atoms with Crippen LogP contribution in [-0.2, 0) is 19.1 Å². The molecule has 0 bridgehead atoms. The molecule has 4 amide bonds. The SMILES string of the molecule is O=C1N[C@H]2[C@H](CS[C@H]2CCCCC(=O)OCCSSCCOC(=O)CCCC[C@@H]2SC[C@@H]3NC(=O)N[C@@H]32)N1. The molecule has 10 nitrogen and oxygen atoms in total. The Morgan fingerprint density at radius 2 is 1.16 bits per heavy atom. The van der Waals surface area contributed by atoms with Crippen LogP contribution in [0.1, 0.15) is 51.4 Å². The molecule has 0 spiro atoms. The van der Waals surface area contributed by atoms with Gasteiger partial charge < -0.3 is 30.7 Å². The Morgan fingerprint density at radius 3 is 1.61 bits per heavy atom. The average Bonchev–Trinajstić information content (AvgIpc) is 3.63. The van der Waals surface area contributed by atoms with Gasteiger partial charge in [0.2, 0.25) is 0 Å². The second-order valence-corrected chi connectivity index (χ2v) is 15.1. The van der Waals surface area contributed by atoms with Crippen molar-refractivity contribution in [2.24, 2.45) is 0 Å². The first-order valence-corrected chi connectivity index (χ1v) is 18.0. The molecule has 6 atom stereocenters. The zero-order chi connectivity index (χ0) is 26.7. The van der Waals surface area contributed by atoms with Crippen molar-refractivity contribution in [3.8, 4) is 0 Å². The van der Waals surface area contributed by atoms with Crippen molar-refractivity contribution < 1.29 is 28.7 Å². The number of ether oxygens (including phenoxy) is 2. The molecular formula is C24H38N4O6S4. The Labute approximate surface area is 240 Å². The van der Waals surface area contributed by atoms with Crippen LogP contribution in [0.15, 0.2) is 0 Å². The van der Waals surface area contributed by atoms with E-state index < -0.39 is 0 Å². The highest BCUT2D eigenvalue weighted by Gasteiger charge is 2.43. The molecule has 0 saturated carbocycles. The van der Waals surface area contributed by atoms with Crippen LogP contribution in [-0.4, -0.2) is 94.9 Å². The molecule has 14 heteroatoms. The minimum atomic E-state index is -0.159. The molecule has 4 aliphatic heterocycles. The summed E-state index contributed by atoms with van der Waals surface area (Å²) >= 11 is 3.79. The first-order valence-electron chi connectivity index (χ1n) is 13.4. The summed E-state index contributed by atoms with van der Waals surface area (Å²) in [5, 5.41) is 12.7. The molecule has 0 radical (unpaired) electrons. The van der Waals surface area contributed by atoms with Gasteiger partial charge in [-0.15, -0.1) is 0 Å². The molecule has 0 aromatic rings. The minimum Gasteiger partial charge on any atom is -0.465 e. The highest BCUT2D eigenvalue weighted by atomic mass is 33.1. The third kappa shape index (κ3) is 9.22. The van der Waals surface area contributed by atoms with Gasteiger partial charge in [0.15, 0.2) is 0 Å². The number of carbonyl (C=O) groups excluding carboxylic acids is 4. The van der Waals surface area contributed by atoms with Crippen molar-refractivity contribution in [1.29, 1.82) is 0 Å². The van der Waals surface area contributed by atoms with E-state index in [4.69, 9.17) is 9.47 Å². The van der Waals surface area contributed by atoms with Crippen molar-refractivity contribution in [1.82, 2.24) is 21.3 Å². The van der Waals surface area contributed by atoms with E-state index in [1.165, 1.54) is 0 Å². The summed E-state index contributed by atoms with van der Waals surface area (Å²) in [6, 6.07) is 0.789. The van der Waals surface area contributed by atoms with Crippen LogP contribution in [0, 0.1) is 0 Å². The average molecular weight is 607 g/mol. The van der Waals surface area contributed by atoms with E-state index in [9.17, 15) is 19.2 Å². The van der Waals surface area contributed by atoms with Gasteiger partial charge in [0.05, 0.1) is 24.2 Å². The van der Waals surface area contributed by atoms with Gasteiger partial charge in [0.25, 0.3) is 0 Å². The first-order chi connectivity index (χ1) is 18.5. The Balaban J connectivity index is 0.893. The fraction of sp³-hybridized carbons (Fsp3) is 0.833. The summed E-state index contributed by atoms with van der Waals surface area (Å²) in [5.74, 6) is 3.00. The van der Waals surface area contributed by atoms with E-state index in [-0.39, 0.29) is 48.2 Å². The van der Waals surface area contributed by atoms with Gasteiger partial charge in [-0.25, -0.2) is 9.59 Å². The molecule has 38 heavy (non-hydrogen) atoms. The van der Waals surface area contributed by atoms with Gasteiger partial charge in [0, 0.05) is 46.4 Å². The summed E-state index contributed by atoms with van der Waals surface area (Å²) < 4.78 is 10.6. The Kier molecular flexibility index (Phi) is 12.3. The number of amides is 4. The second kappa shape index (κ2) is 15.6. The van der Waals surface area contributed by atoms with Crippen molar-refractivity contribution in [2.45, 2.75) is 86.0 Å². The third-order valence-electron chi connectivity index (χ3n) is 7.06. The van der Waals surface area contributed by atoms with E-state index in [0.29, 0.717) is 48.1 Å². The quantitative estimate of drug-likeness (QED) is 0.0847. The zero-order valence-corrected chi connectivity index (χ0v) is 24.7. The minimum absolute atomic E-state index is 0.0646. The van der Waals surface area contributed by atoms with Gasteiger partial charge in [-0.2, -0.15) is 23.5 Å². The van der Waals surface area contributed by atoms with Gasteiger partial charge in [0.1, 0.15) is 13.2 Å². The summed E-state index contributed by atoms with van der Waals surface area (Å²) in [5.41, 5.74) is 0. The van der Waals surface area contributed by atoms with Gasteiger partial charge >= 0.3 is 24.0 Å². The van der Waals surface area contributed by atoms with Gasteiger partial charge in [-0.1, -0.05) is 34.4 Å². The van der Waals surface area contributed by atoms with Crippen LogP contribution in [0.2, 0.25) is 0 Å². The number of hydrogen-bond acceptors (Lipinski definition) is 10. The number of unbranched alkanes of at least 4 members (excludes halogenated alkanes) is 2. The molecule has 0 unspecified atom stereocenters. The molecule has 4 aliphatic rings. The predicted molar refractivity (Wildman–Crippen MR) is 155 cm³/mol. The predicted octanol–water partition coefficient (Wildman–Crippen LogP) is 2.91. The number of hydrogen-bond donors (Lipinski definition) is 4. The molecule has 0 aromatic heterocycles. The molecule has 4 saturated heterocycles. The number of thioether (sulfide) groups is 2. The highest BCUT2D eigenvalue weighted by molar-refractivity contribution is 8.76. The van der Waals surface area contributed by atoms with Crippen molar-refractivity contribution in [3.05, 3.63) is 0 Å². The number of esters is 2. The van der Waals surface area contributed by atoms with Crippen LogP contribution in [0.4, 0.5) is 9.59 Å². The van der Waals surface area contributed by atoms with Crippen LogP contribution in [0.25, 0.3) is 0 Å². The number of carbonyl (C=O) groups is 4. The standard InChI is InChI=1S/C24H38N4O6S4/c29-19(7-3-1-5-17-21-15(13-35-17)25-23(31)27-21)33-9-11-37-38-12-10-34-20(30)8-4-2-6-18-22-16(14-36-18)26-24(32)28-22/h15-18,21-22H,1-14H2,(H2,25,27,31)(H2,26,28,32)/t15-,16-,17-,18-,21-,22-/m0/s1. The molecule has 214 valence electrons. The van der Waals surface area contributed by atoms with Crippen molar-refractivity contribution in [2.75, 3.05) is 36.2 Å². The lowest BCUT2D eigenvalue weighted by atomic mass is 10.0. The molecule has 4 fully saturated rings. The first kappa shape index (κ1) is 29.9.